The topological polar surface area (TPSA) is 0 Å². The van der Waals surface area contributed by atoms with E-state index in [9.17, 15) is 0 Å². The summed E-state index contributed by atoms with van der Waals surface area (Å²) in [5, 5.41) is 0. The summed E-state index contributed by atoms with van der Waals surface area (Å²) >= 11 is 0. The van der Waals surface area contributed by atoms with E-state index in [0.29, 0.717) is 0 Å². The van der Waals surface area contributed by atoms with E-state index in [4.69, 9.17) is 0 Å². The quantitative estimate of drug-likeness (QED) is 0.387. The van der Waals surface area contributed by atoms with Gasteiger partial charge in [0.05, 0.1) is 0 Å². The van der Waals surface area contributed by atoms with Crippen LogP contribution in [-0.2, 0) is 0 Å². The Kier molecular flexibility index (Phi) is 206. The maximum absolute atomic E-state index is 0. The molecule has 0 spiro atoms. The summed E-state index contributed by atoms with van der Waals surface area (Å²) < 4.78 is 0. The fourth-order valence-electron chi connectivity index (χ4n) is 0. The third kappa shape index (κ3) is 9.11. The number of rotatable bonds is 0. The van der Waals surface area contributed by atoms with Crippen LogP contribution in [0.2, 0.25) is 0 Å². The van der Waals surface area contributed by atoms with E-state index in [1.807, 2.05) is 0 Å². The third-order valence-electron chi connectivity index (χ3n) is 0. The van der Waals surface area contributed by atoms with Gasteiger partial charge in [0.25, 0.3) is 0 Å². The van der Waals surface area contributed by atoms with Crippen molar-refractivity contribution in [3.05, 3.63) is 0 Å². The summed E-state index contributed by atoms with van der Waals surface area (Å²) in [6.45, 7) is 0. The van der Waals surface area contributed by atoms with Crippen molar-refractivity contribution in [2.45, 2.75) is 0 Å². The van der Waals surface area contributed by atoms with E-state index >= 15 is 0 Å². The summed E-state index contributed by atoms with van der Waals surface area (Å²) in [7, 11) is 0. The number of halogens is 2. The van der Waals surface area contributed by atoms with E-state index in [-0.39, 0.29) is 68.1 Å². The Morgan fingerprint density at radius 3 is 1.00 bits per heavy atom. The molecule has 0 radical (unpaired) electrons. The maximum atomic E-state index is 0. The molecule has 4 heteroatoms. The number of hydrogen-bond donors (Lipinski definition) is 0. The zero-order valence-corrected chi connectivity index (χ0v) is 4.57. The van der Waals surface area contributed by atoms with Crippen molar-refractivity contribution >= 4 is 65.2 Å². The summed E-state index contributed by atoms with van der Waals surface area (Å²) in [5.41, 5.74) is 0. The van der Waals surface area contributed by atoms with E-state index < -0.39 is 0 Å². The zero-order chi connectivity index (χ0) is 0. The van der Waals surface area contributed by atoms with Gasteiger partial charge in [-0.05, 0) is 0 Å². The van der Waals surface area contributed by atoms with Crippen molar-refractivity contribution in [2.24, 2.45) is 0 Å². The van der Waals surface area contributed by atoms with Gasteiger partial charge in [-0.3, -0.25) is 0 Å². The molecule has 0 unspecified atom stereocenters. The van der Waals surface area contributed by atoms with Crippen LogP contribution in [0.5, 0.6) is 0 Å². The molecule has 0 aliphatic heterocycles. The standard InChI is InChI=1S/Al.2ClH.Mg.5H/h;2*1H;;;;;;/q;;;+2;;;;2*-1. The Bertz CT molecular complexity index is 11.5. The van der Waals surface area contributed by atoms with Crippen molar-refractivity contribution < 1.29 is 2.85 Å². The molecule has 0 rings (SSSR count). The molecule has 0 nitrogen and oxygen atoms in total. The second-order valence-electron chi connectivity index (χ2n) is 0. The van der Waals surface area contributed by atoms with E-state index in [1.54, 1.807) is 0 Å². The summed E-state index contributed by atoms with van der Waals surface area (Å²) in [5.74, 6) is 0. The van der Waals surface area contributed by atoms with Gasteiger partial charge >= 0.3 is 23.1 Å². The first kappa shape index (κ1) is 39.6. The van der Waals surface area contributed by atoms with Gasteiger partial charge in [-0.25, -0.2) is 0 Å². The average Bonchev–Trinajstić information content (AvgIpc) is 0. The van der Waals surface area contributed by atoms with Gasteiger partial charge in [0.2, 0.25) is 0 Å². The molecule has 0 N–H and O–H groups in total. The molecule has 0 aromatic rings. The molecule has 0 aliphatic rings. The summed E-state index contributed by atoms with van der Waals surface area (Å²) in [6, 6.07) is 0. The fourth-order valence-corrected chi connectivity index (χ4v) is 0. The van der Waals surface area contributed by atoms with Gasteiger partial charge in [0.1, 0.15) is 0 Å². The van der Waals surface area contributed by atoms with E-state index in [2.05, 4.69) is 0 Å². The van der Waals surface area contributed by atoms with Gasteiger partial charge < -0.3 is 2.85 Å². The first-order valence-corrected chi connectivity index (χ1v) is 0. The van der Waals surface area contributed by atoms with Crippen LogP contribution in [0.3, 0.4) is 0 Å². The molecule has 26 valence electrons. The largest absolute Gasteiger partial charge is 2.00 e. The maximum Gasteiger partial charge on any atom is 2.00 e. The van der Waals surface area contributed by atoms with Crippen molar-refractivity contribution in [2.75, 3.05) is 0 Å². The SMILES string of the molecule is Cl.Cl.[AlH3].[H-].[H-].[Mg+2]. The molecule has 0 bridgehead atoms. The molecule has 0 heterocycles. The number of hydrogen-bond acceptors (Lipinski definition) is 0. The van der Waals surface area contributed by atoms with Crippen LogP contribution in [-0.4, -0.2) is 40.4 Å². The predicted octanol–water partition coefficient (Wildman–Crippen LogP) is -0.496. The minimum absolute atomic E-state index is 0. The first-order valence-electron chi connectivity index (χ1n) is 0. The van der Waals surface area contributed by atoms with Crippen LogP contribution >= 0.6 is 24.8 Å². The monoisotopic (exact) mass is 128 g/mol. The van der Waals surface area contributed by atoms with Gasteiger partial charge in [0, 0.05) is 0 Å². The molecular weight excluding hydrogens is 122 g/mol. The van der Waals surface area contributed by atoms with Crippen LogP contribution in [0.25, 0.3) is 0 Å². The summed E-state index contributed by atoms with van der Waals surface area (Å²) in [4.78, 5) is 0. The van der Waals surface area contributed by atoms with E-state index in [1.165, 1.54) is 0 Å². The second kappa shape index (κ2) is 20.8. The smallest absolute Gasteiger partial charge is 1.00 e. The second-order valence-corrected chi connectivity index (χ2v) is 0. The average molecular weight is 129 g/mol. The molecule has 0 fully saturated rings. The molecule has 0 aliphatic carbocycles. The minimum Gasteiger partial charge on any atom is -1.00 e. The normalized spacial score (nSPS) is 0. The van der Waals surface area contributed by atoms with Crippen LogP contribution < -0.4 is 0 Å². The first-order chi connectivity index (χ1) is 0. The predicted molar refractivity (Wildman–Crippen MR) is 32.4 cm³/mol. The Morgan fingerprint density at radius 1 is 1.00 bits per heavy atom. The van der Waals surface area contributed by atoms with Crippen LogP contribution in [0.15, 0.2) is 0 Å². The molecule has 0 aromatic carbocycles. The van der Waals surface area contributed by atoms with Crippen molar-refractivity contribution in [1.82, 2.24) is 0 Å². The fraction of sp³-hybridized carbons (Fsp3) is 0. The molecule has 4 heavy (non-hydrogen) atoms. The molecule has 0 amide bonds. The van der Waals surface area contributed by atoms with Gasteiger partial charge in [-0.15, -0.1) is 24.8 Å². The Hall–Kier alpha value is 1.88. The Labute approximate surface area is 67.8 Å². The minimum atomic E-state index is 0. The summed E-state index contributed by atoms with van der Waals surface area (Å²) in [6.07, 6.45) is 0. The Morgan fingerprint density at radius 2 is 1.00 bits per heavy atom. The zero-order valence-electron chi connectivity index (χ0n) is 3.52. The van der Waals surface area contributed by atoms with E-state index in [0.717, 1.165) is 0 Å². The third-order valence-corrected chi connectivity index (χ3v) is 0. The molecule has 0 atom stereocenters. The van der Waals surface area contributed by atoms with Gasteiger partial charge in [0.15, 0.2) is 17.4 Å². The Balaban J connectivity index is 0. The van der Waals surface area contributed by atoms with Crippen LogP contribution in [0.4, 0.5) is 0 Å². The van der Waals surface area contributed by atoms with Crippen molar-refractivity contribution in [3.8, 4) is 0 Å². The molecular formula is H7AlCl2Mg. The van der Waals surface area contributed by atoms with Crippen molar-refractivity contribution in [1.29, 1.82) is 0 Å². The van der Waals surface area contributed by atoms with Crippen molar-refractivity contribution in [3.63, 3.8) is 0 Å². The van der Waals surface area contributed by atoms with Crippen LogP contribution in [0.1, 0.15) is 2.85 Å². The van der Waals surface area contributed by atoms with Gasteiger partial charge in [-0.1, -0.05) is 0 Å². The van der Waals surface area contributed by atoms with Gasteiger partial charge in [-0.2, -0.15) is 0 Å². The molecule has 0 aromatic heterocycles. The molecule has 0 saturated heterocycles. The molecule has 0 saturated carbocycles. The van der Waals surface area contributed by atoms with Crippen LogP contribution in [0, 0.1) is 0 Å².